The Bertz CT molecular complexity index is 1730. The van der Waals surface area contributed by atoms with Crippen molar-refractivity contribution in [1.29, 1.82) is 0 Å². The number of aromatic hydroxyl groups is 1. The van der Waals surface area contributed by atoms with Crippen LogP contribution in [0.3, 0.4) is 0 Å². The van der Waals surface area contributed by atoms with Gasteiger partial charge in [-0.3, -0.25) is 9.36 Å². The summed E-state index contributed by atoms with van der Waals surface area (Å²) in [6.45, 7) is 0. The average molecular weight is 718 g/mol. The van der Waals surface area contributed by atoms with E-state index in [9.17, 15) is 9.90 Å². The number of fused-ring (bicyclic) bond motifs is 3. The molecule has 2 heterocycles. The molecular formula is C28H20I2N2O3S. The number of methoxy groups -OCH3 is 1. The first-order chi connectivity index (χ1) is 17.4. The highest BCUT2D eigenvalue weighted by Gasteiger charge is 2.32. The van der Waals surface area contributed by atoms with Crippen molar-refractivity contribution in [3.05, 3.63) is 115 Å². The summed E-state index contributed by atoms with van der Waals surface area (Å²) in [6.07, 6.45) is 3.66. The van der Waals surface area contributed by atoms with Crippen LogP contribution in [0.2, 0.25) is 0 Å². The number of hydrogen-bond donors (Lipinski definition) is 1. The molecule has 0 saturated heterocycles. The van der Waals surface area contributed by atoms with Gasteiger partial charge in [0.15, 0.2) is 4.80 Å². The Kier molecular flexibility index (Phi) is 6.29. The van der Waals surface area contributed by atoms with Crippen molar-refractivity contribution >= 4 is 68.3 Å². The minimum atomic E-state index is -0.248. The second kappa shape index (κ2) is 9.46. The van der Waals surface area contributed by atoms with Crippen molar-refractivity contribution in [2.24, 2.45) is 4.99 Å². The van der Waals surface area contributed by atoms with Gasteiger partial charge in [0.25, 0.3) is 5.56 Å². The van der Waals surface area contributed by atoms with E-state index in [4.69, 9.17) is 9.73 Å². The topological polar surface area (TPSA) is 63.8 Å². The smallest absolute Gasteiger partial charge is 0.271 e. The highest BCUT2D eigenvalue weighted by Crippen LogP contribution is 2.41. The van der Waals surface area contributed by atoms with Gasteiger partial charge in [-0.25, -0.2) is 4.99 Å². The molecule has 1 aliphatic carbocycles. The van der Waals surface area contributed by atoms with Gasteiger partial charge in [-0.05, 0) is 111 Å². The highest BCUT2D eigenvalue weighted by atomic mass is 127. The summed E-state index contributed by atoms with van der Waals surface area (Å²) in [5.74, 6) is 1.03. The Morgan fingerprint density at radius 3 is 2.64 bits per heavy atom. The minimum absolute atomic E-state index is 0.0601. The summed E-state index contributed by atoms with van der Waals surface area (Å²) in [7, 11) is 1.66. The van der Waals surface area contributed by atoms with Crippen LogP contribution in [0.5, 0.6) is 11.5 Å². The standard InChI is InChI=1S/C28H20I2N2O3S/c1-35-18-7-4-6-17(14-18)25-20-10-9-16-5-2-3-8-19(16)24(20)31-28-32(25)27(34)23(36-28)13-15-11-21(29)26(33)22(30)12-15/h2-8,11-14,25,33H,9-10H2,1H3/b23-13+/t25-/m1/s1. The van der Waals surface area contributed by atoms with Crippen molar-refractivity contribution in [2.45, 2.75) is 18.9 Å². The van der Waals surface area contributed by atoms with Gasteiger partial charge in [-0.2, -0.15) is 0 Å². The highest BCUT2D eigenvalue weighted by molar-refractivity contribution is 14.1. The summed E-state index contributed by atoms with van der Waals surface area (Å²) in [5, 5.41) is 10.2. The number of nitrogens with zero attached hydrogens (tertiary/aromatic N) is 2. The van der Waals surface area contributed by atoms with Gasteiger partial charge in [-0.15, -0.1) is 0 Å². The first-order valence-electron chi connectivity index (χ1n) is 11.4. The van der Waals surface area contributed by atoms with Crippen LogP contribution in [-0.2, 0) is 6.42 Å². The molecule has 0 saturated carbocycles. The third-order valence-electron chi connectivity index (χ3n) is 6.62. The lowest BCUT2D eigenvalue weighted by Crippen LogP contribution is -2.38. The fraction of sp³-hybridized carbons (Fsp3) is 0.143. The van der Waals surface area contributed by atoms with E-state index in [1.54, 1.807) is 7.11 Å². The molecule has 1 N–H and O–H groups in total. The van der Waals surface area contributed by atoms with Gasteiger partial charge in [0, 0.05) is 5.56 Å². The summed E-state index contributed by atoms with van der Waals surface area (Å²) >= 11 is 5.63. The zero-order chi connectivity index (χ0) is 25.0. The number of benzene rings is 3. The third kappa shape index (κ3) is 4.03. The summed E-state index contributed by atoms with van der Waals surface area (Å²) in [4.78, 5) is 19.6. The monoisotopic (exact) mass is 718 g/mol. The number of hydrogen-bond acceptors (Lipinski definition) is 5. The van der Waals surface area contributed by atoms with E-state index in [0.29, 0.717) is 9.33 Å². The Morgan fingerprint density at radius 1 is 1.08 bits per heavy atom. The molecule has 1 atom stereocenters. The molecule has 36 heavy (non-hydrogen) atoms. The van der Waals surface area contributed by atoms with Crippen molar-refractivity contribution in [1.82, 2.24) is 4.57 Å². The Balaban J connectivity index is 1.62. The zero-order valence-corrected chi connectivity index (χ0v) is 24.3. The first-order valence-corrected chi connectivity index (χ1v) is 14.4. The van der Waals surface area contributed by atoms with Gasteiger partial charge in [-0.1, -0.05) is 47.7 Å². The van der Waals surface area contributed by atoms with Crippen LogP contribution in [0.15, 0.2) is 76.0 Å². The maximum Gasteiger partial charge on any atom is 0.271 e. The molecule has 6 rings (SSSR count). The second-order valence-corrected chi connectivity index (χ2v) is 12.1. The number of halogens is 2. The molecule has 1 aliphatic heterocycles. The summed E-state index contributed by atoms with van der Waals surface area (Å²) < 4.78 is 9.48. The minimum Gasteiger partial charge on any atom is -0.506 e. The van der Waals surface area contributed by atoms with Gasteiger partial charge < -0.3 is 9.84 Å². The van der Waals surface area contributed by atoms with E-state index in [2.05, 4.69) is 69.4 Å². The third-order valence-corrected chi connectivity index (χ3v) is 9.25. The molecule has 2 aliphatic rings. The number of rotatable bonds is 3. The summed E-state index contributed by atoms with van der Waals surface area (Å²) in [5.41, 5.74) is 6.40. The van der Waals surface area contributed by atoms with E-state index in [1.807, 2.05) is 47.0 Å². The molecule has 0 amide bonds. The molecule has 180 valence electrons. The molecule has 0 unspecified atom stereocenters. The van der Waals surface area contributed by atoms with Crippen molar-refractivity contribution < 1.29 is 9.84 Å². The predicted molar refractivity (Wildman–Crippen MR) is 159 cm³/mol. The maximum absolute atomic E-state index is 13.9. The average Bonchev–Trinajstić information content (AvgIpc) is 3.20. The Hall–Kier alpha value is -2.44. The van der Waals surface area contributed by atoms with Crippen molar-refractivity contribution in [2.75, 3.05) is 7.11 Å². The van der Waals surface area contributed by atoms with E-state index in [1.165, 1.54) is 16.9 Å². The van der Waals surface area contributed by atoms with E-state index in [0.717, 1.165) is 53.7 Å². The molecule has 0 spiro atoms. The normalized spacial score (nSPS) is 16.8. The molecular weight excluding hydrogens is 698 g/mol. The van der Waals surface area contributed by atoms with Crippen LogP contribution in [0.4, 0.5) is 0 Å². The molecule has 5 nitrogen and oxygen atoms in total. The largest absolute Gasteiger partial charge is 0.506 e. The van der Waals surface area contributed by atoms with Crippen LogP contribution in [-0.4, -0.2) is 16.8 Å². The van der Waals surface area contributed by atoms with E-state index < -0.39 is 0 Å². The lowest BCUT2D eigenvalue weighted by atomic mass is 9.83. The lowest BCUT2D eigenvalue weighted by molar-refractivity contribution is 0.413. The number of aromatic nitrogens is 1. The SMILES string of the molecule is COc1cccc([C@@H]2C3=C(N=c4s/c(=C/c5cc(I)c(O)c(I)c5)c(=O)n42)c2ccccc2CC3)c1. The Labute approximate surface area is 238 Å². The van der Waals surface area contributed by atoms with Crippen LogP contribution in [0, 0.1) is 7.14 Å². The summed E-state index contributed by atoms with van der Waals surface area (Å²) in [6, 6.07) is 19.9. The lowest BCUT2D eigenvalue weighted by Gasteiger charge is -2.31. The molecule has 0 fully saturated rings. The fourth-order valence-electron chi connectivity index (χ4n) is 4.95. The second-order valence-electron chi connectivity index (χ2n) is 8.72. The van der Waals surface area contributed by atoms with Gasteiger partial charge >= 0.3 is 0 Å². The zero-order valence-electron chi connectivity index (χ0n) is 19.2. The van der Waals surface area contributed by atoms with E-state index in [-0.39, 0.29) is 17.4 Å². The number of phenolic OH excluding ortho intramolecular Hbond substituents is 1. The fourth-order valence-corrected chi connectivity index (χ4v) is 7.77. The quantitative estimate of drug-likeness (QED) is 0.295. The van der Waals surface area contributed by atoms with Crippen LogP contribution in [0.25, 0.3) is 11.8 Å². The number of thiazole rings is 1. The van der Waals surface area contributed by atoms with E-state index >= 15 is 0 Å². The van der Waals surface area contributed by atoms with Crippen LogP contribution >= 0.6 is 56.5 Å². The van der Waals surface area contributed by atoms with Crippen LogP contribution in [0.1, 0.15) is 34.7 Å². The number of allylic oxidation sites excluding steroid dienone is 1. The number of phenols is 1. The number of aryl methyl sites for hydroxylation is 1. The molecule has 4 aromatic rings. The van der Waals surface area contributed by atoms with Crippen molar-refractivity contribution in [3.63, 3.8) is 0 Å². The van der Waals surface area contributed by atoms with Crippen LogP contribution < -0.4 is 19.6 Å². The maximum atomic E-state index is 13.9. The Morgan fingerprint density at radius 2 is 1.86 bits per heavy atom. The molecule has 1 aromatic heterocycles. The molecule has 8 heteroatoms. The van der Waals surface area contributed by atoms with Gasteiger partial charge in [0.2, 0.25) is 0 Å². The van der Waals surface area contributed by atoms with Crippen molar-refractivity contribution in [3.8, 4) is 11.5 Å². The van der Waals surface area contributed by atoms with Gasteiger partial charge in [0.1, 0.15) is 11.5 Å². The van der Waals surface area contributed by atoms with Gasteiger partial charge in [0.05, 0.1) is 30.5 Å². The molecule has 3 aromatic carbocycles. The first kappa shape index (κ1) is 23.9. The molecule has 0 bridgehead atoms. The number of ether oxygens (including phenoxy) is 1. The predicted octanol–water partition coefficient (Wildman–Crippen LogP) is 5.24. The molecule has 0 radical (unpaired) electrons.